The lowest BCUT2D eigenvalue weighted by Crippen LogP contribution is -2.34. The van der Waals surface area contributed by atoms with Crippen LogP contribution in [0.3, 0.4) is 0 Å². The molecule has 1 aromatic carbocycles. The van der Waals surface area contributed by atoms with Gasteiger partial charge in [0, 0.05) is 30.2 Å². The number of nitrogens with one attached hydrogen (secondary N) is 1. The fourth-order valence-electron chi connectivity index (χ4n) is 2.77. The van der Waals surface area contributed by atoms with Crippen molar-refractivity contribution in [3.8, 4) is 0 Å². The topological polar surface area (TPSA) is 34.0 Å². The van der Waals surface area contributed by atoms with Crippen molar-refractivity contribution in [2.24, 2.45) is 13.0 Å². The highest BCUT2D eigenvalue weighted by Gasteiger charge is 2.25. The van der Waals surface area contributed by atoms with E-state index in [1.807, 2.05) is 25.2 Å². The molecule has 1 saturated carbocycles. The van der Waals surface area contributed by atoms with Crippen LogP contribution in [0.15, 0.2) is 35.1 Å². The number of para-hydroxylation sites is 1. The number of hydrogen-bond donors (Lipinski definition) is 1. The molecule has 3 rings (SSSR count). The van der Waals surface area contributed by atoms with Gasteiger partial charge in [-0.15, -0.1) is 0 Å². The van der Waals surface area contributed by atoms with Crippen LogP contribution in [-0.4, -0.2) is 10.6 Å². The number of rotatable bonds is 2. The van der Waals surface area contributed by atoms with Crippen LogP contribution in [-0.2, 0) is 7.05 Å². The summed E-state index contributed by atoms with van der Waals surface area (Å²) in [5.41, 5.74) is 2.01. The Morgan fingerprint density at radius 3 is 2.72 bits per heavy atom. The van der Waals surface area contributed by atoms with Gasteiger partial charge < -0.3 is 9.88 Å². The van der Waals surface area contributed by atoms with E-state index in [9.17, 15) is 4.79 Å². The highest BCUT2D eigenvalue weighted by Crippen LogP contribution is 2.31. The van der Waals surface area contributed by atoms with Crippen LogP contribution < -0.4 is 10.9 Å². The standard InChI is InChI=1S/C15H18N2O/c1-10-7-11(8-10)16-13-9-15(18)17(2)14-6-4-3-5-12(13)14/h3-6,9-11,16H,7-8H2,1-2H3. The molecule has 0 saturated heterocycles. The van der Waals surface area contributed by atoms with Crippen molar-refractivity contribution >= 4 is 16.6 Å². The first-order chi connectivity index (χ1) is 8.65. The fourth-order valence-corrected chi connectivity index (χ4v) is 2.77. The van der Waals surface area contributed by atoms with Crippen molar-refractivity contribution in [3.63, 3.8) is 0 Å². The molecule has 1 aromatic heterocycles. The van der Waals surface area contributed by atoms with Gasteiger partial charge in [0.15, 0.2) is 0 Å². The Morgan fingerprint density at radius 1 is 1.28 bits per heavy atom. The molecule has 18 heavy (non-hydrogen) atoms. The highest BCUT2D eigenvalue weighted by molar-refractivity contribution is 5.91. The van der Waals surface area contributed by atoms with Gasteiger partial charge in [-0.05, 0) is 24.8 Å². The first-order valence-corrected chi connectivity index (χ1v) is 6.50. The number of benzene rings is 1. The molecular weight excluding hydrogens is 224 g/mol. The minimum Gasteiger partial charge on any atom is -0.382 e. The summed E-state index contributed by atoms with van der Waals surface area (Å²) >= 11 is 0. The zero-order valence-electron chi connectivity index (χ0n) is 10.8. The molecule has 0 spiro atoms. The lowest BCUT2D eigenvalue weighted by atomic mass is 9.82. The molecule has 2 aromatic rings. The van der Waals surface area contributed by atoms with Crippen LogP contribution in [0.1, 0.15) is 19.8 Å². The molecule has 0 bridgehead atoms. The van der Waals surface area contributed by atoms with Crippen molar-refractivity contribution in [3.05, 3.63) is 40.7 Å². The predicted octanol–water partition coefficient (Wildman–Crippen LogP) is 2.75. The largest absolute Gasteiger partial charge is 0.382 e. The smallest absolute Gasteiger partial charge is 0.252 e. The Morgan fingerprint density at radius 2 is 2.00 bits per heavy atom. The molecule has 1 heterocycles. The molecule has 1 aliphatic carbocycles. The molecular formula is C15H18N2O. The molecule has 0 amide bonds. The Balaban J connectivity index is 2.06. The van der Waals surface area contributed by atoms with Crippen molar-refractivity contribution in [2.45, 2.75) is 25.8 Å². The third-order valence-corrected chi connectivity index (χ3v) is 3.89. The lowest BCUT2D eigenvalue weighted by Gasteiger charge is -2.34. The molecule has 0 atom stereocenters. The van der Waals surface area contributed by atoms with Crippen LogP contribution in [0.2, 0.25) is 0 Å². The summed E-state index contributed by atoms with van der Waals surface area (Å²) in [5.74, 6) is 0.806. The van der Waals surface area contributed by atoms with Gasteiger partial charge in [0.1, 0.15) is 0 Å². The molecule has 0 unspecified atom stereocenters. The van der Waals surface area contributed by atoms with Crippen LogP contribution in [0, 0.1) is 5.92 Å². The van der Waals surface area contributed by atoms with Gasteiger partial charge in [-0.3, -0.25) is 4.79 Å². The van der Waals surface area contributed by atoms with E-state index in [4.69, 9.17) is 0 Å². The summed E-state index contributed by atoms with van der Waals surface area (Å²) < 4.78 is 1.70. The second-order valence-electron chi connectivity index (χ2n) is 5.39. The van der Waals surface area contributed by atoms with Gasteiger partial charge in [0.05, 0.1) is 5.52 Å². The number of anilines is 1. The Labute approximate surface area is 106 Å². The summed E-state index contributed by atoms with van der Waals surface area (Å²) in [5, 5.41) is 4.63. The Bertz CT molecular complexity index is 638. The van der Waals surface area contributed by atoms with E-state index in [2.05, 4.69) is 18.3 Å². The first kappa shape index (κ1) is 11.3. The maximum Gasteiger partial charge on any atom is 0.252 e. The van der Waals surface area contributed by atoms with Crippen molar-refractivity contribution < 1.29 is 0 Å². The monoisotopic (exact) mass is 242 g/mol. The second kappa shape index (κ2) is 4.16. The second-order valence-corrected chi connectivity index (χ2v) is 5.39. The minimum atomic E-state index is 0.0450. The van der Waals surface area contributed by atoms with Crippen LogP contribution in [0.25, 0.3) is 10.9 Å². The Hall–Kier alpha value is -1.77. The third kappa shape index (κ3) is 1.80. The fraction of sp³-hybridized carbons (Fsp3) is 0.400. The van der Waals surface area contributed by atoms with Gasteiger partial charge >= 0.3 is 0 Å². The molecule has 1 fully saturated rings. The zero-order chi connectivity index (χ0) is 12.7. The van der Waals surface area contributed by atoms with Gasteiger partial charge in [-0.1, -0.05) is 25.1 Å². The predicted molar refractivity (Wildman–Crippen MR) is 75.0 cm³/mol. The van der Waals surface area contributed by atoms with Gasteiger partial charge in [0.25, 0.3) is 5.56 Å². The number of aryl methyl sites for hydroxylation is 1. The summed E-state index contributed by atoms with van der Waals surface area (Å²) in [6.07, 6.45) is 2.40. The van der Waals surface area contributed by atoms with Crippen molar-refractivity contribution in [1.29, 1.82) is 0 Å². The molecule has 1 N–H and O–H groups in total. The van der Waals surface area contributed by atoms with E-state index in [1.54, 1.807) is 10.6 Å². The van der Waals surface area contributed by atoms with Crippen LogP contribution in [0.4, 0.5) is 5.69 Å². The van der Waals surface area contributed by atoms with E-state index in [-0.39, 0.29) is 5.56 Å². The van der Waals surface area contributed by atoms with Crippen LogP contribution in [0.5, 0.6) is 0 Å². The molecule has 0 radical (unpaired) electrons. The summed E-state index contributed by atoms with van der Waals surface area (Å²) in [6.45, 7) is 2.26. The normalized spacial score (nSPS) is 22.8. The van der Waals surface area contributed by atoms with E-state index in [1.165, 1.54) is 12.8 Å². The average Bonchev–Trinajstić information content (AvgIpc) is 2.33. The summed E-state index contributed by atoms with van der Waals surface area (Å²) in [4.78, 5) is 11.9. The molecule has 3 nitrogen and oxygen atoms in total. The maximum atomic E-state index is 11.9. The van der Waals surface area contributed by atoms with E-state index in [0.717, 1.165) is 22.5 Å². The van der Waals surface area contributed by atoms with E-state index >= 15 is 0 Å². The minimum absolute atomic E-state index is 0.0450. The summed E-state index contributed by atoms with van der Waals surface area (Å²) in [6, 6.07) is 10.3. The molecule has 94 valence electrons. The van der Waals surface area contributed by atoms with E-state index < -0.39 is 0 Å². The number of nitrogens with zero attached hydrogens (tertiary/aromatic N) is 1. The van der Waals surface area contributed by atoms with Gasteiger partial charge in [-0.2, -0.15) is 0 Å². The van der Waals surface area contributed by atoms with Gasteiger partial charge in [0.2, 0.25) is 0 Å². The zero-order valence-corrected chi connectivity index (χ0v) is 10.8. The summed E-state index contributed by atoms with van der Waals surface area (Å²) in [7, 11) is 1.82. The molecule has 1 aliphatic rings. The molecule has 3 heteroatoms. The quantitative estimate of drug-likeness (QED) is 0.878. The Kier molecular flexibility index (Phi) is 2.62. The van der Waals surface area contributed by atoms with Crippen LogP contribution >= 0.6 is 0 Å². The molecule has 0 aliphatic heterocycles. The van der Waals surface area contributed by atoms with Crippen molar-refractivity contribution in [1.82, 2.24) is 4.57 Å². The highest BCUT2D eigenvalue weighted by atomic mass is 16.1. The van der Waals surface area contributed by atoms with E-state index in [0.29, 0.717) is 6.04 Å². The first-order valence-electron chi connectivity index (χ1n) is 6.50. The number of hydrogen-bond acceptors (Lipinski definition) is 2. The number of fused-ring (bicyclic) bond motifs is 1. The maximum absolute atomic E-state index is 11.9. The lowest BCUT2D eigenvalue weighted by molar-refractivity contribution is 0.309. The average molecular weight is 242 g/mol. The SMILES string of the molecule is CC1CC(Nc2cc(=O)n(C)c3ccccc23)C1. The third-order valence-electron chi connectivity index (χ3n) is 3.89. The number of aromatic nitrogens is 1. The van der Waals surface area contributed by atoms with Gasteiger partial charge in [-0.25, -0.2) is 0 Å². The number of pyridine rings is 1. The van der Waals surface area contributed by atoms with Crippen molar-refractivity contribution in [2.75, 3.05) is 5.32 Å².